The van der Waals surface area contributed by atoms with Crippen LogP contribution in [0.3, 0.4) is 0 Å². The van der Waals surface area contributed by atoms with E-state index in [1.54, 1.807) is 0 Å². The summed E-state index contributed by atoms with van der Waals surface area (Å²) in [7, 11) is 0. The third-order valence-electron chi connectivity index (χ3n) is 2.74. The zero-order valence-electron chi connectivity index (χ0n) is 12.1. The average molecular weight is 353 g/mol. The van der Waals surface area contributed by atoms with Gasteiger partial charge in [-0.15, -0.1) is 0 Å². The summed E-state index contributed by atoms with van der Waals surface area (Å²) in [5.41, 5.74) is 0.786. The number of aromatic nitrogens is 2. The van der Waals surface area contributed by atoms with Gasteiger partial charge in [-0.05, 0) is 30.3 Å². The van der Waals surface area contributed by atoms with Crippen LogP contribution in [-0.4, -0.2) is 33.1 Å². The zero-order valence-corrected chi connectivity index (χ0v) is 14.6. The number of hydrogen-bond acceptors (Lipinski definition) is 7. The Hall–Kier alpha value is -1.38. The molecule has 1 amide bonds. The molecule has 2 rings (SSSR count). The minimum Gasteiger partial charge on any atom is -0.341 e. The SMILES string of the molecule is CSc1nsc(SCC(=O)N[C@H](C(C)=O)c2ccccc2)n1. The van der Waals surface area contributed by atoms with Gasteiger partial charge in [0.25, 0.3) is 0 Å². The largest absolute Gasteiger partial charge is 0.341 e. The second-order valence-corrected chi connectivity index (χ2v) is 7.11. The highest BCUT2D eigenvalue weighted by atomic mass is 32.2. The van der Waals surface area contributed by atoms with Crippen molar-refractivity contribution in [2.75, 3.05) is 12.0 Å². The molecule has 0 aliphatic heterocycles. The molecular weight excluding hydrogens is 338 g/mol. The van der Waals surface area contributed by atoms with E-state index in [9.17, 15) is 9.59 Å². The lowest BCUT2D eigenvalue weighted by Gasteiger charge is -2.15. The number of nitrogens with zero attached hydrogens (tertiary/aromatic N) is 2. The van der Waals surface area contributed by atoms with E-state index in [0.717, 1.165) is 9.90 Å². The molecule has 0 aliphatic rings. The van der Waals surface area contributed by atoms with E-state index in [2.05, 4.69) is 14.7 Å². The number of Topliss-reactive ketones (excluding diaryl/α,β-unsaturated/α-hetero) is 1. The normalized spacial score (nSPS) is 11.9. The van der Waals surface area contributed by atoms with Crippen LogP contribution in [-0.2, 0) is 9.59 Å². The van der Waals surface area contributed by atoms with Crippen molar-refractivity contribution in [2.45, 2.75) is 22.5 Å². The molecule has 0 unspecified atom stereocenters. The van der Waals surface area contributed by atoms with Gasteiger partial charge in [0.1, 0.15) is 6.04 Å². The number of carbonyl (C=O) groups is 2. The lowest BCUT2D eigenvalue weighted by molar-refractivity contribution is -0.125. The molecule has 0 saturated heterocycles. The Labute approximate surface area is 141 Å². The van der Waals surface area contributed by atoms with Crippen LogP contribution < -0.4 is 5.32 Å². The van der Waals surface area contributed by atoms with Crippen LogP contribution in [0.25, 0.3) is 0 Å². The third kappa shape index (κ3) is 4.82. The van der Waals surface area contributed by atoms with Crippen LogP contribution in [0, 0.1) is 0 Å². The molecular formula is C14H15N3O2S3. The maximum absolute atomic E-state index is 12.0. The number of ketones is 1. The molecule has 8 heteroatoms. The Morgan fingerprint density at radius 2 is 2.05 bits per heavy atom. The van der Waals surface area contributed by atoms with Crippen molar-refractivity contribution in [1.29, 1.82) is 0 Å². The van der Waals surface area contributed by atoms with Gasteiger partial charge in [0.2, 0.25) is 11.1 Å². The molecule has 0 fully saturated rings. The predicted molar refractivity (Wildman–Crippen MR) is 90.4 cm³/mol. The van der Waals surface area contributed by atoms with Gasteiger partial charge in [-0.25, -0.2) is 4.98 Å². The summed E-state index contributed by atoms with van der Waals surface area (Å²) in [6, 6.07) is 8.61. The van der Waals surface area contributed by atoms with Crippen LogP contribution in [0.15, 0.2) is 39.8 Å². The average Bonchev–Trinajstić information content (AvgIpc) is 2.99. The number of nitrogens with one attached hydrogen (secondary N) is 1. The van der Waals surface area contributed by atoms with Crippen molar-refractivity contribution in [3.8, 4) is 0 Å². The van der Waals surface area contributed by atoms with E-state index >= 15 is 0 Å². The number of thioether (sulfide) groups is 2. The van der Waals surface area contributed by atoms with Gasteiger partial charge in [0, 0.05) is 0 Å². The van der Waals surface area contributed by atoms with E-state index in [1.807, 2.05) is 36.6 Å². The summed E-state index contributed by atoms with van der Waals surface area (Å²) in [4.78, 5) is 28.1. The number of rotatable bonds is 7. The molecule has 0 radical (unpaired) electrons. The molecule has 5 nitrogen and oxygen atoms in total. The molecule has 22 heavy (non-hydrogen) atoms. The predicted octanol–water partition coefficient (Wildman–Crippen LogP) is 2.80. The maximum Gasteiger partial charge on any atom is 0.231 e. The first-order valence-corrected chi connectivity index (χ1v) is 9.43. The van der Waals surface area contributed by atoms with Crippen molar-refractivity contribution in [3.05, 3.63) is 35.9 Å². The summed E-state index contributed by atoms with van der Waals surface area (Å²) >= 11 is 4.06. The highest BCUT2D eigenvalue weighted by molar-refractivity contribution is 8.01. The summed E-state index contributed by atoms with van der Waals surface area (Å²) < 4.78 is 4.88. The second-order valence-electron chi connectivity index (χ2n) is 4.36. The Bertz CT molecular complexity index is 646. The van der Waals surface area contributed by atoms with Gasteiger partial charge < -0.3 is 5.32 Å². The summed E-state index contributed by atoms with van der Waals surface area (Å²) in [6.07, 6.45) is 1.90. The Morgan fingerprint density at radius 3 is 2.64 bits per heavy atom. The van der Waals surface area contributed by atoms with Crippen molar-refractivity contribution < 1.29 is 9.59 Å². The fourth-order valence-electron chi connectivity index (χ4n) is 1.73. The van der Waals surface area contributed by atoms with Gasteiger partial charge in [-0.3, -0.25) is 9.59 Å². The van der Waals surface area contributed by atoms with Gasteiger partial charge in [-0.1, -0.05) is 53.9 Å². The first-order valence-electron chi connectivity index (χ1n) is 6.45. The van der Waals surface area contributed by atoms with Gasteiger partial charge >= 0.3 is 0 Å². The fourth-order valence-corrected chi connectivity index (χ4v) is 3.75. The molecule has 0 spiro atoms. The molecule has 1 aromatic carbocycles. The molecule has 1 N–H and O–H groups in total. The van der Waals surface area contributed by atoms with Crippen molar-refractivity contribution >= 4 is 46.7 Å². The topological polar surface area (TPSA) is 72.0 Å². The minimum atomic E-state index is -0.606. The highest BCUT2D eigenvalue weighted by Gasteiger charge is 2.19. The van der Waals surface area contributed by atoms with Crippen molar-refractivity contribution in [2.24, 2.45) is 0 Å². The molecule has 2 aromatic rings. The number of carbonyl (C=O) groups excluding carboxylic acids is 2. The standard InChI is InChI=1S/C14H15N3O2S3/c1-9(18)12(10-6-4-3-5-7-10)15-11(19)8-21-14-16-13(20-2)17-22-14/h3-7,12H,8H2,1-2H3,(H,15,19)/t12-/m1/s1. The van der Waals surface area contributed by atoms with Crippen LogP contribution in [0.2, 0.25) is 0 Å². The van der Waals surface area contributed by atoms with Gasteiger partial charge in [-0.2, -0.15) is 4.37 Å². The van der Waals surface area contributed by atoms with E-state index in [1.165, 1.54) is 42.0 Å². The first-order chi connectivity index (χ1) is 10.6. The third-order valence-corrected chi connectivity index (χ3v) is 5.24. The van der Waals surface area contributed by atoms with E-state index < -0.39 is 6.04 Å². The van der Waals surface area contributed by atoms with Crippen molar-refractivity contribution in [1.82, 2.24) is 14.7 Å². The molecule has 0 aliphatic carbocycles. The van der Waals surface area contributed by atoms with Crippen LogP contribution >= 0.6 is 35.1 Å². The number of benzene rings is 1. The van der Waals surface area contributed by atoms with Crippen LogP contribution in [0.4, 0.5) is 0 Å². The fraction of sp³-hybridized carbons (Fsp3) is 0.286. The first kappa shape index (κ1) is 17.0. The Kier molecular flexibility index (Phi) is 6.41. The monoisotopic (exact) mass is 353 g/mol. The molecule has 0 bridgehead atoms. The van der Waals surface area contributed by atoms with Crippen molar-refractivity contribution in [3.63, 3.8) is 0 Å². The Morgan fingerprint density at radius 1 is 1.32 bits per heavy atom. The Balaban J connectivity index is 1.93. The summed E-state index contributed by atoms with van der Waals surface area (Å²) in [6.45, 7) is 1.47. The second kappa shape index (κ2) is 8.30. The minimum absolute atomic E-state index is 0.0925. The lowest BCUT2D eigenvalue weighted by atomic mass is 10.0. The number of amides is 1. The maximum atomic E-state index is 12.0. The molecule has 1 atom stereocenters. The van der Waals surface area contributed by atoms with Crippen LogP contribution in [0.5, 0.6) is 0 Å². The molecule has 116 valence electrons. The van der Waals surface area contributed by atoms with E-state index in [4.69, 9.17) is 0 Å². The smallest absolute Gasteiger partial charge is 0.231 e. The highest BCUT2D eigenvalue weighted by Crippen LogP contribution is 2.23. The molecule has 0 saturated carbocycles. The lowest BCUT2D eigenvalue weighted by Crippen LogP contribution is -2.33. The quantitative estimate of drug-likeness (QED) is 0.772. The van der Waals surface area contributed by atoms with E-state index in [-0.39, 0.29) is 17.4 Å². The van der Waals surface area contributed by atoms with Gasteiger partial charge in [0.05, 0.1) is 5.75 Å². The zero-order chi connectivity index (χ0) is 15.9. The number of hydrogen-bond donors (Lipinski definition) is 1. The summed E-state index contributed by atoms with van der Waals surface area (Å²) in [5, 5.41) is 3.47. The molecule has 1 heterocycles. The summed E-state index contributed by atoms with van der Waals surface area (Å²) in [5.74, 6) is -0.0836. The van der Waals surface area contributed by atoms with E-state index in [0.29, 0.717) is 5.16 Å². The van der Waals surface area contributed by atoms with Gasteiger partial charge in [0.15, 0.2) is 10.1 Å². The van der Waals surface area contributed by atoms with Crippen LogP contribution in [0.1, 0.15) is 18.5 Å². The molecule has 1 aromatic heterocycles.